The van der Waals surface area contributed by atoms with E-state index in [9.17, 15) is 14.7 Å². The summed E-state index contributed by atoms with van der Waals surface area (Å²) in [5, 5.41) is 13.2. The highest BCUT2D eigenvalue weighted by atomic mass is 16.4. The molecule has 2 N–H and O–H groups in total. The maximum Gasteiger partial charge on any atom is 0.336 e. The lowest BCUT2D eigenvalue weighted by Gasteiger charge is -2.35. The maximum atomic E-state index is 12.3. The van der Waals surface area contributed by atoms with E-state index in [1.165, 1.54) is 0 Å². The largest absolute Gasteiger partial charge is 0.478 e. The van der Waals surface area contributed by atoms with E-state index in [0.29, 0.717) is 22.4 Å². The first-order chi connectivity index (χ1) is 13.7. The number of piperazine rings is 1. The van der Waals surface area contributed by atoms with E-state index in [1.807, 2.05) is 20.8 Å². The van der Waals surface area contributed by atoms with Gasteiger partial charge in [-0.1, -0.05) is 27.7 Å². The summed E-state index contributed by atoms with van der Waals surface area (Å²) in [5.74, 6) is -0.427. The standard InChI is InChI=1S/C22H30N4O3/c1-5-8-25-9-11-26(12-10-25)19-14-17(20(27)28)16-13-15(6-7-18(16)24-19)23-21(29)22(2,3)4/h6-7,13-14H,5,8-12H2,1-4H3,(H,23,29)(H,27,28). The molecule has 29 heavy (non-hydrogen) atoms. The predicted molar refractivity (Wildman–Crippen MR) is 116 cm³/mol. The first-order valence-electron chi connectivity index (χ1n) is 10.2. The first kappa shape index (κ1) is 21.0. The van der Waals surface area contributed by atoms with Gasteiger partial charge in [0.05, 0.1) is 11.1 Å². The van der Waals surface area contributed by atoms with Crippen LogP contribution in [0.25, 0.3) is 10.9 Å². The summed E-state index contributed by atoms with van der Waals surface area (Å²) in [6, 6.07) is 6.89. The van der Waals surface area contributed by atoms with Crippen molar-refractivity contribution in [2.45, 2.75) is 34.1 Å². The van der Waals surface area contributed by atoms with Gasteiger partial charge in [-0.05, 0) is 37.2 Å². The highest BCUT2D eigenvalue weighted by Crippen LogP contribution is 2.27. The average Bonchev–Trinajstić information content (AvgIpc) is 2.67. The molecule has 3 rings (SSSR count). The van der Waals surface area contributed by atoms with Crippen LogP contribution in [0.4, 0.5) is 11.5 Å². The Kier molecular flexibility index (Phi) is 6.07. The number of carboxylic acid groups (broad SMARTS) is 1. The molecule has 0 spiro atoms. The van der Waals surface area contributed by atoms with Gasteiger partial charge in [-0.3, -0.25) is 9.69 Å². The molecule has 1 aliphatic heterocycles. The molecule has 2 aromatic rings. The fraction of sp³-hybridized carbons (Fsp3) is 0.500. The van der Waals surface area contributed by atoms with Gasteiger partial charge in [-0.2, -0.15) is 0 Å². The van der Waals surface area contributed by atoms with E-state index in [0.717, 1.165) is 39.1 Å². The minimum Gasteiger partial charge on any atom is -0.478 e. The molecular weight excluding hydrogens is 368 g/mol. The Morgan fingerprint density at radius 2 is 1.83 bits per heavy atom. The highest BCUT2D eigenvalue weighted by Gasteiger charge is 2.23. The first-order valence-corrected chi connectivity index (χ1v) is 10.2. The summed E-state index contributed by atoms with van der Waals surface area (Å²) in [6.45, 7) is 12.3. The van der Waals surface area contributed by atoms with E-state index < -0.39 is 11.4 Å². The fourth-order valence-corrected chi connectivity index (χ4v) is 3.46. The molecule has 1 aliphatic rings. The number of pyridine rings is 1. The number of amides is 1. The predicted octanol–water partition coefficient (Wildman–Crippen LogP) is 3.45. The molecule has 1 amide bonds. The molecule has 2 heterocycles. The molecule has 1 saturated heterocycles. The summed E-state index contributed by atoms with van der Waals surface area (Å²) in [7, 11) is 0. The molecule has 1 aromatic carbocycles. The van der Waals surface area contributed by atoms with Gasteiger partial charge in [-0.25, -0.2) is 9.78 Å². The lowest BCUT2D eigenvalue weighted by atomic mass is 9.95. The van der Waals surface area contributed by atoms with Crippen LogP contribution in [-0.2, 0) is 4.79 Å². The molecule has 0 saturated carbocycles. The Hall–Kier alpha value is -2.67. The quantitative estimate of drug-likeness (QED) is 0.802. The van der Waals surface area contributed by atoms with Gasteiger partial charge in [0.2, 0.25) is 5.91 Å². The molecule has 1 fully saturated rings. The minimum atomic E-state index is -0.998. The molecule has 1 aromatic heterocycles. The molecule has 0 unspecified atom stereocenters. The van der Waals surface area contributed by atoms with Gasteiger partial charge in [0.25, 0.3) is 0 Å². The van der Waals surface area contributed by atoms with Crippen LogP contribution in [0.5, 0.6) is 0 Å². The molecule has 0 radical (unpaired) electrons. The van der Waals surface area contributed by atoms with Gasteiger partial charge < -0.3 is 15.3 Å². The number of fused-ring (bicyclic) bond motifs is 1. The summed E-state index contributed by atoms with van der Waals surface area (Å²) in [4.78, 5) is 33.5. The lowest BCUT2D eigenvalue weighted by Crippen LogP contribution is -2.46. The number of carboxylic acids is 1. The Morgan fingerprint density at radius 1 is 1.14 bits per heavy atom. The highest BCUT2D eigenvalue weighted by molar-refractivity contribution is 6.05. The van der Waals surface area contributed by atoms with E-state index in [4.69, 9.17) is 4.98 Å². The molecular formula is C22H30N4O3. The monoisotopic (exact) mass is 398 g/mol. The third-order valence-electron chi connectivity index (χ3n) is 5.20. The van der Waals surface area contributed by atoms with Crippen LogP contribution in [0.3, 0.4) is 0 Å². The number of carbonyl (C=O) groups excluding carboxylic acids is 1. The normalized spacial score (nSPS) is 15.5. The van der Waals surface area contributed by atoms with E-state index in [2.05, 4.69) is 22.0 Å². The SMILES string of the molecule is CCCN1CCN(c2cc(C(=O)O)c3cc(NC(=O)C(C)(C)C)ccc3n2)CC1. The van der Waals surface area contributed by atoms with Crippen LogP contribution in [0.2, 0.25) is 0 Å². The van der Waals surface area contributed by atoms with Crippen molar-refractivity contribution in [2.75, 3.05) is 42.9 Å². The lowest BCUT2D eigenvalue weighted by molar-refractivity contribution is -0.123. The van der Waals surface area contributed by atoms with Gasteiger partial charge >= 0.3 is 5.97 Å². The number of anilines is 2. The second kappa shape index (κ2) is 8.37. The van der Waals surface area contributed by atoms with Crippen molar-refractivity contribution in [2.24, 2.45) is 5.41 Å². The number of carbonyl (C=O) groups is 2. The number of nitrogens with one attached hydrogen (secondary N) is 1. The Morgan fingerprint density at radius 3 is 2.41 bits per heavy atom. The van der Waals surface area contributed by atoms with Gasteiger partial charge in [0.1, 0.15) is 5.82 Å². The minimum absolute atomic E-state index is 0.122. The van der Waals surface area contributed by atoms with Crippen molar-refractivity contribution in [1.82, 2.24) is 9.88 Å². The molecule has 0 aliphatic carbocycles. The topological polar surface area (TPSA) is 85.8 Å². The third-order valence-corrected chi connectivity index (χ3v) is 5.20. The molecule has 0 atom stereocenters. The number of aromatic nitrogens is 1. The van der Waals surface area contributed by atoms with Crippen molar-refractivity contribution in [3.63, 3.8) is 0 Å². The second-order valence-electron chi connectivity index (χ2n) is 8.60. The molecule has 7 nitrogen and oxygen atoms in total. The van der Waals surface area contributed by atoms with E-state index >= 15 is 0 Å². The van der Waals surface area contributed by atoms with Crippen LogP contribution >= 0.6 is 0 Å². The van der Waals surface area contributed by atoms with Gasteiger partial charge in [-0.15, -0.1) is 0 Å². The van der Waals surface area contributed by atoms with Crippen molar-refractivity contribution in [3.8, 4) is 0 Å². The zero-order valence-corrected chi connectivity index (χ0v) is 17.7. The Labute approximate surface area is 171 Å². The van der Waals surface area contributed by atoms with Crippen molar-refractivity contribution >= 4 is 34.3 Å². The Balaban J connectivity index is 1.91. The van der Waals surface area contributed by atoms with Crippen LogP contribution in [-0.4, -0.2) is 59.6 Å². The molecule has 7 heteroatoms. The number of aromatic carboxylic acids is 1. The summed E-state index contributed by atoms with van der Waals surface area (Å²) in [6.07, 6.45) is 1.13. The third kappa shape index (κ3) is 4.85. The van der Waals surface area contributed by atoms with Gasteiger partial charge in [0, 0.05) is 42.7 Å². The van der Waals surface area contributed by atoms with Crippen LogP contribution in [0.15, 0.2) is 24.3 Å². The zero-order valence-electron chi connectivity index (χ0n) is 17.7. The zero-order chi connectivity index (χ0) is 21.2. The maximum absolute atomic E-state index is 12.3. The van der Waals surface area contributed by atoms with E-state index in [-0.39, 0.29) is 11.5 Å². The fourth-order valence-electron chi connectivity index (χ4n) is 3.46. The number of hydrogen-bond donors (Lipinski definition) is 2. The average molecular weight is 399 g/mol. The van der Waals surface area contributed by atoms with Gasteiger partial charge in [0.15, 0.2) is 0 Å². The molecule has 0 bridgehead atoms. The number of nitrogens with zero attached hydrogens (tertiary/aromatic N) is 3. The second-order valence-corrected chi connectivity index (χ2v) is 8.60. The molecule has 156 valence electrons. The van der Waals surface area contributed by atoms with Crippen molar-refractivity contribution in [1.29, 1.82) is 0 Å². The van der Waals surface area contributed by atoms with Crippen LogP contribution in [0.1, 0.15) is 44.5 Å². The van der Waals surface area contributed by atoms with E-state index in [1.54, 1.807) is 24.3 Å². The summed E-state index contributed by atoms with van der Waals surface area (Å²) in [5.41, 5.74) is 0.854. The number of rotatable bonds is 5. The van der Waals surface area contributed by atoms with Crippen molar-refractivity contribution in [3.05, 3.63) is 29.8 Å². The Bertz CT molecular complexity index is 912. The van der Waals surface area contributed by atoms with Crippen LogP contribution < -0.4 is 10.2 Å². The number of hydrogen-bond acceptors (Lipinski definition) is 5. The van der Waals surface area contributed by atoms with Crippen molar-refractivity contribution < 1.29 is 14.7 Å². The summed E-state index contributed by atoms with van der Waals surface area (Å²) >= 11 is 0. The summed E-state index contributed by atoms with van der Waals surface area (Å²) < 4.78 is 0. The number of benzene rings is 1. The smallest absolute Gasteiger partial charge is 0.336 e. The van der Waals surface area contributed by atoms with Crippen LogP contribution in [0, 0.1) is 5.41 Å².